The molecule has 1 atom stereocenters. The number of halogens is 1. The van der Waals surface area contributed by atoms with Gasteiger partial charge in [0.2, 0.25) is 0 Å². The maximum absolute atomic E-state index is 9.71. The largest absolute Gasteiger partial charge is 0.504 e. The van der Waals surface area contributed by atoms with Crippen molar-refractivity contribution in [1.29, 1.82) is 0 Å². The van der Waals surface area contributed by atoms with E-state index in [1.165, 1.54) is 6.42 Å². The molecule has 1 aliphatic rings. The van der Waals surface area contributed by atoms with Gasteiger partial charge >= 0.3 is 0 Å². The third kappa shape index (κ3) is 3.51. The molecule has 1 aromatic carbocycles. The van der Waals surface area contributed by atoms with E-state index in [1.807, 2.05) is 19.2 Å². The second-order valence-electron chi connectivity index (χ2n) is 4.52. The highest BCUT2D eigenvalue weighted by Crippen LogP contribution is 2.27. The van der Waals surface area contributed by atoms with E-state index in [1.54, 1.807) is 13.2 Å². The number of nitrogens with zero attached hydrogens (tertiary/aromatic N) is 1. The van der Waals surface area contributed by atoms with Crippen molar-refractivity contribution in [2.24, 2.45) is 0 Å². The lowest BCUT2D eigenvalue weighted by atomic mass is 10.2. The van der Waals surface area contributed by atoms with Gasteiger partial charge in [0.25, 0.3) is 0 Å². The van der Waals surface area contributed by atoms with Crippen molar-refractivity contribution < 1.29 is 9.84 Å². The molecule has 1 fully saturated rings. The first kappa shape index (κ1) is 15.1. The van der Waals surface area contributed by atoms with Gasteiger partial charge in [-0.3, -0.25) is 4.90 Å². The van der Waals surface area contributed by atoms with Gasteiger partial charge in [0, 0.05) is 25.7 Å². The van der Waals surface area contributed by atoms with Gasteiger partial charge in [-0.2, -0.15) is 0 Å². The van der Waals surface area contributed by atoms with Crippen molar-refractivity contribution >= 4 is 12.4 Å². The summed E-state index contributed by atoms with van der Waals surface area (Å²) in [7, 11) is 3.57. The second-order valence-corrected chi connectivity index (χ2v) is 4.52. The van der Waals surface area contributed by atoms with Gasteiger partial charge in [-0.1, -0.05) is 6.07 Å². The Labute approximate surface area is 114 Å². The fourth-order valence-electron chi connectivity index (χ4n) is 2.30. The van der Waals surface area contributed by atoms with Crippen LogP contribution in [0.25, 0.3) is 0 Å². The number of likely N-dealkylation sites (tertiary alicyclic amines) is 1. The SMILES string of the molecule is CNC1CCN(Cc2ccc(OC)c(O)c2)C1.Cl. The van der Waals surface area contributed by atoms with Gasteiger partial charge in [0.15, 0.2) is 11.5 Å². The van der Waals surface area contributed by atoms with Crippen LogP contribution in [0.4, 0.5) is 0 Å². The molecule has 1 aromatic rings. The first-order chi connectivity index (χ1) is 8.22. The lowest BCUT2D eigenvalue weighted by molar-refractivity contribution is 0.320. The van der Waals surface area contributed by atoms with E-state index < -0.39 is 0 Å². The van der Waals surface area contributed by atoms with Crippen LogP contribution in [0.3, 0.4) is 0 Å². The lowest BCUT2D eigenvalue weighted by Crippen LogP contribution is -2.29. The van der Waals surface area contributed by atoms with Crippen molar-refractivity contribution in [2.45, 2.75) is 19.0 Å². The number of phenolic OH excluding ortho intramolecular Hbond substituents is 1. The summed E-state index contributed by atoms with van der Waals surface area (Å²) in [6.07, 6.45) is 1.19. The van der Waals surface area contributed by atoms with Gasteiger partial charge in [-0.05, 0) is 31.2 Å². The normalized spacial score (nSPS) is 19.6. The zero-order chi connectivity index (χ0) is 12.3. The van der Waals surface area contributed by atoms with Crippen LogP contribution in [-0.2, 0) is 6.54 Å². The van der Waals surface area contributed by atoms with Crippen LogP contribution in [0.5, 0.6) is 11.5 Å². The summed E-state index contributed by atoms with van der Waals surface area (Å²) in [5.74, 6) is 0.748. The molecule has 1 aliphatic heterocycles. The zero-order valence-corrected chi connectivity index (χ0v) is 11.7. The molecule has 18 heavy (non-hydrogen) atoms. The summed E-state index contributed by atoms with van der Waals surface area (Å²) < 4.78 is 5.03. The van der Waals surface area contributed by atoms with E-state index >= 15 is 0 Å². The Morgan fingerprint density at radius 3 is 2.83 bits per heavy atom. The standard InChI is InChI=1S/C13H20N2O2.ClH/c1-14-11-5-6-15(9-11)8-10-3-4-13(17-2)12(16)7-10;/h3-4,7,11,14,16H,5-6,8-9H2,1-2H3;1H. The van der Waals surface area contributed by atoms with Crippen LogP contribution in [-0.4, -0.2) is 43.3 Å². The molecule has 2 rings (SSSR count). The van der Waals surface area contributed by atoms with E-state index in [-0.39, 0.29) is 18.2 Å². The summed E-state index contributed by atoms with van der Waals surface area (Å²) in [5, 5.41) is 13.0. The van der Waals surface area contributed by atoms with Crippen LogP contribution in [0.2, 0.25) is 0 Å². The molecule has 0 amide bonds. The topological polar surface area (TPSA) is 44.7 Å². The van der Waals surface area contributed by atoms with Crippen LogP contribution in [0, 0.1) is 0 Å². The van der Waals surface area contributed by atoms with Crippen molar-refractivity contribution in [2.75, 3.05) is 27.2 Å². The van der Waals surface area contributed by atoms with E-state index in [4.69, 9.17) is 4.74 Å². The van der Waals surface area contributed by atoms with E-state index in [0.29, 0.717) is 11.8 Å². The molecule has 5 heteroatoms. The number of aromatic hydroxyl groups is 1. The highest BCUT2D eigenvalue weighted by Gasteiger charge is 2.20. The molecular formula is C13H21ClN2O2. The van der Waals surface area contributed by atoms with Crippen molar-refractivity contribution in [1.82, 2.24) is 10.2 Å². The van der Waals surface area contributed by atoms with E-state index in [9.17, 15) is 5.11 Å². The summed E-state index contributed by atoms with van der Waals surface area (Å²) in [6, 6.07) is 6.20. The van der Waals surface area contributed by atoms with Crippen LogP contribution in [0.1, 0.15) is 12.0 Å². The van der Waals surface area contributed by atoms with Crippen molar-refractivity contribution in [3.05, 3.63) is 23.8 Å². The lowest BCUT2D eigenvalue weighted by Gasteiger charge is -2.16. The maximum Gasteiger partial charge on any atom is 0.160 e. The maximum atomic E-state index is 9.71. The number of benzene rings is 1. The number of methoxy groups -OCH3 is 1. The predicted octanol–water partition coefficient (Wildman–Crippen LogP) is 1.62. The number of hydrogen-bond donors (Lipinski definition) is 2. The summed E-state index contributed by atoms with van der Waals surface area (Å²) in [5.41, 5.74) is 1.13. The van der Waals surface area contributed by atoms with Crippen LogP contribution in [0.15, 0.2) is 18.2 Å². The number of nitrogens with one attached hydrogen (secondary N) is 1. The van der Waals surface area contributed by atoms with E-state index in [0.717, 1.165) is 25.2 Å². The monoisotopic (exact) mass is 272 g/mol. The highest BCUT2D eigenvalue weighted by atomic mass is 35.5. The molecule has 0 saturated carbocycles. The molecule has 1 saturated heterocycles. The third-order valence-electron chi connectivity index (χ3n) is 3.33. The number of rotatable bonds is 4. The number of phenols is 1. The van der Waals surface area contributed by atoms with Crippen LogP contribution >= 0.6 is 12.4 Å². The Morgan fingerprint density at radius 2 is 2.28 bits per heavy atom. The Hall–Kier alpha value is -0.970. The third-order valence-corrected chi connectivity index (χ3v) is 3.33. The molecule has 4 nitrogen and oxygen atoms in total. The Kier molecular flexibility index (Phi) is 5.72. The fourth-order valence-corrected chi connectivity index (χ4v) is 2.30. The van der Waals surface area contributed by atoms with E-state index in [2.05, 4.69) is 10.2 Å². The molecule has 0 bridgehead atoms. The first-order valence-corrected chi connectivity index (χ1v) is 5.98. The van der Waals surface area contributed by atoms with Gasteiger partial charge in [0.1, 0.15) is 0 Å². The molecule has 102 valence electrons. The smallest absolute Gasteiger partial charge is 0.160 e. The number of hydrogen-bond acceptors (Lipinski definition) is 4. The minimum atomic E-state index is 0. The highest BCUT2D eigenvalue weighted by molar-refractivity contribution is 5.85. The van der Waals surface area contributed by atoms with Gasteiger partial charge in [-0.15, -0.1) is 12.4 Å². The summed E-state index contributed by atoms with van der Waals surface area (Å²) >= 11 is 0. The minimum Gasteiger partial charge on any atom is -0.504 e. The molecule has 0 radical (unpaired) electrons. The van der Waals surface area contributed by atoms with Crippen LogP contribution < -0.4 is 10.1 Å². The molecule has 0 aromatic heterocycles. The average Bonchev–Trinajstić information content (AvgIpc) is 2.77. The fraction of sp³-hybridized carbons (Fsp3) is 0.538. The van der Waals surface area contributed by atoms with Gasteiger partial charge < -0.3 is 15.2 Å². The molecular weight excluding hydrogens is 252 g/mol. The molecule has 0 aliphatic carbocycles. The van der Waals surface area contributed by atoms with Crippen molar-refractivity contribution in [3.63, 3.8) is 0 Å². The molecule has 0 spiro atoms. The van der Waals surface area contributed by atoms with Gasteiger partial charge in [0.05, 0.1) is 7.11 Å². The second kappa shape index (κ2) is 6.83. The molecule has 1 heterocycles. The Bertz CT molecular complexity index is 387. The molecule has 1 unspecified atom stereocenters. The average molecular weight is 273 g/mol. The van der Waals surface area contributed by atoms with Gasteiger partial charge in [-0.25, -0.2) is 0 Å². The zero-order valence-electron chi connectivity index (χ0n) is 10.8. The predicted molar refractivity (Wildman–Crippen MR) is 74.6 cm³/mol. The first-order valence-electron chi connectivity index (χ1n) is 5.98. The Morgan fingerprint density at radius 1 is 1.50 bits per heavy atom. The number of ether oxygens (including phenoxy) is 1. The number of likely N-dealkylation sites (N-methyl/N-ethyl adjacent to an activating group) is 1. The quantitative estimate of drug-likeness (QED) is 0.874. The summed E-state index contributed by atoms with van der Waals surface area (Å²) in [4.78, 5) is 2.39. The Balaban J connectivity index is 0.00000162. The van der Waals surface area contributed by atoms with Crippen molar-refractivity contribution in [3.8, 4) is 11.5 Å². The summed E-state index contributed by atoms with van der Waals surface area (Å²) in [6.45, 7) is 3.07. The molecule has 2 N–H and O–H groups in total. The minimum absolute atomic E-state index is 0.